The molecule has 1 fully saturated rings. The molecule has 0 radical (unpaired) electrons. The molecule has 0 spiro atoms. The molecule has 1 aliphatic heterocycles. The zero-order chi connectivity index (χ0) is 10.8. The first-order valence-electron chi connectivity index (χ1n) is 4.99. The zero-order valence-electron chi connectivity index (χ0n) is 9.12. The Morgan fingerprint density at radius 2 is 2.21 bits per heavy atom. The lowest BCUT2D eigenvalue weighted by Crippen LogP contribution is -2.33. The number of rotatable bonds is 3. The van der Waals surface area contributed by atoms with Gasteiger partial charge in [0.05, 0.1) is 6.54 Å². The van der Waals surface area contributed by atoms with Gasteiger partial charge in [0.2, 0.25) is 0 Å². The maximum absolute atomic E-state index is 11.4. The van der Waals surface area contributed by atoms with Crippen molar-refractivity contribution in [3.63, 3.8) is 0 Å². The predicted octanol–water partition coefficient (Wildman–Crippen LogP) is 1.24. The fraction of sp³-hybridized carbons (Fsp3) is 0.900. The van der Waals surface area contributed by atoms with Crippen LogP contribution < -0.4 is 0 Å². The summed E-state index contributed by atoms with van der Waals surface area (Å²) < 4.78 is 5.09. The van der Waals surface area contributed by atoms with E-state index >= 15 is 0 Å². The molecule has 1 atom stereocenters. The summed E-state index contributed by atoms with van der Waals surface area (Å²) in [6.07, 6.45) is 0.153. The second-order valence-electron chi connectivity index (χ2n) is 4.96. The quantitative estimate of drug-likeness (QED) is 0.747. The molecule has 4 heteroatoms. The third-order valence-corrected chi connectivity index (χ3v) is 2.07. The second kappa shape index (κ2) is 4.17. The van der Waals surface area contributed by atoms with Gasteiger partial charge in [-0.05, 0) is 5.41 Å². The lowest BCUT2D eigenvalue weighted by atomic mass is 9.96. The summed E-state index contributed by atoms with van der Waals surface area (Å²) >= 11 is 0. The van der Waals surface area contributed by atoms with Crippen LogP contribution in [-0.2, 0) is 4.74 Å². The van der Waals surface area contributed by atoms with E-state index in [0.717, 1.165) is 0 Å². The van der Waals surface area contributed by atoms with E-state index < -0.39 is 0 Å². The van der Waals surface area contributed by atoms with Gasteiger partial charge in [-0.25, -0.2) is 4.79 Å². The summed E-state index contributed by atoms with van der Waals surface area (Å²) in [5.41, 5.74) is 0.0904. The molecule has 0 aromatic carbocycles. The average molecular weight is 201 g/mol. The van der Waals surface area contributed by atoms with Crippen molar-refractivity contribution in [1.82, 2.24) is 4.90 Å². The van der Waals surface area contributed by atoms with Crippen LogP contribution in [0, 0.1) is 5.41 Å². The van der Waals surface area contributed by atoms with E-state index in [1.165, 1.54) is 0 Å². The molecule has 0 saturated carbocycles. The molecule has 0 aliphatic carbocycles. The summed E-state index contributed by atoms with van der Waals surface area (Å²) in [5.74, 6) is 0. The number of nitrogens with zero attached hydrogens (tertiary/aromatic N) is 1. The molecule has 14 heavy (non-hydrogen) atoms. The smallest absolute Gasteiger partial charge is 0.410 e. The number of hydrogen-bond acceptors (Lipinski definition) is 3. The highest BCUT2D eigenvalue weighted by molar-refractivity contribution is 5.69. The van der Waals surface area contributed by atoms with Gasteiger partial charge in [0.25, 0.3) is 0 Å². The number of hydrogen-bond donors (Lipinski definition) is 1. The number of carbonyl (C=O) groups excluding carboxylic acids is 1. The van der Waals surface area contributed by atoms with Crippen LogP contribution >= 0.6 is 0 Å². The molecule has 1 saturated heterocycles. The molecule has 0 bridgehead atoms. The van der Waals surface area contributed by atoms with Crippen LogP contribution in [-0.4, -0.2) is 41.9 Å². The van der Waals surface area contributed by atoms with E-state index in [1.807, 2.05) is 0 Å². The van der Waals surface area contributed by atoms with Crippen LogP contribution in [0.25, 0.3) is 0 Å². The van der Waals surface area contributed by atoms with Crippen LogP contribution in [0.4, 0.5) is 4.79 Å². The van der Waals surface area contributed by atoms with Crippen molar-refractivity contribution < 1.29 is 14.6 Å². The Bertz CT molecular complexity index is 210. The Hall–Kier alpha value is -0.770. The van der Waals surface area contributed by atoms with Gasteiger partial charge in [0.1, 0.15) is 6.10 Å². The zero-order valence-corrected chi connectivity index (χ0v) is 9.12. The highest BCUT2D eigenvalue weighted by Crippen LogP contribution is 2.21. The van der Waals surface area contributed by atoms with Gasteiger partial charge in [-0.2, -0.15) is 0 Å². The topological polar surface area (TPSA) is 49.8 Å². The van der Waals surface area contributed by atoms with E-state index in [9.17, 15) is 4.79 Å². The van der Waals surface area contributed by atoms with E-state index in [1.54, 1.807) is 4.90 Å². The Morgan fingerprint density at radius 1 is 1.57 bits per heavy atom. The first kappa shape index (κ1) is 11.3. The van der Waals surface area contributed by atoms with Crippen molar-refractivity contribution in [2.24, 2.45) is 5.41 Å². The van der Waals surface area contributed by atoms with Gasteiger partial charge in [-0.1, -0.05) is 20.8 Å². The molecule has 4 nitrogen and oxygen atoms in total. The van der Waals surface area contributed by atoms with Gasteiger partial charge in [-0.3, -0.25) is 0 Å². The summed E-state index contributed by atoms with van der Waals surface area (Å²) in [6, 6.07) is 0. The van der Waals surface area contributed by atoms with Crippen molar-refractivity contribution in [3.05, 3.63) is 0 Å². The molecular weight excluding hydrogens is 182 g/mol. The molecule has 82 valence electrons. The molecule has 1 unspecified atom stereocenters. The number of aliphatic hydroxyl groups is 1. The molecule has 1 aliphatic rings. The average Bonchev–Trinajstić information content (AvgIpc) is 2.29. The number of ether oxygens (including phenoxy) is 1. The second-order valence-corrected chi connectivity index (χ2v) is 4.96. The lowest BCUT2D eigenvalue weighted by molar-refractivity contribution is 0.115. The Balaban J connectivity index is 2.45. The Kier molecular flexibility index (Phi) is 3.37. The van der Waals surface area contributed by atoms with Gasteiger partial charge >= 0.3 is 6.09 Å². The van der Waals surface area contributed by atoms with Gasteiger partial charge in [0, 0.05) is 19.6 Å². The van der Waals surface area contributed by atoms with Crippen LogP contribution in [0.5, 0.6) is 0 Å². The van der Waals surface area contributed by atoms with E-state index in [0.29, 0.717) is 19.5 Å². The van der Waals surface area contributed by atoms with E-state index in [-0.39, 0.29) is 24.2 Å². The van der Waals surface area contributed by atoms with E-state index in [2.05, 4.69) is 20.8 Å². The number of cyclic esters (lactones) is 1. The first-order valence-corrected chi connectivity index (χ1v) is 4.99. The Morgan fingerprint density at radius 3 is 2.71 bits per heavy atom. The standard InChI is InChI=1S/C10H19NO3/c1-10(2,3)7-11-6-8(4-5-12)14-9(11)13/h8,12H,4-7H2,1-3H3. The number of carbonyl (C=O) groups is 1. The van der Waals surface area contributed by atoms with Crippen molar-refractivity contribution in [2.45, 2.75) is 33.3 Å². The fourth-order valence-electron chi connectivity index (χ4n) is 1.57. The third kappa shape index (κ3) is 3.18. The first-order chi connectivity index (χ1) is 6.42. The highest BCUT2D eigenvalue weighted by atomic mass is 16.6. The minimum absolute atomic E-state index is 0.0707. The molecule has 1 rings (SSSR count). The minimum atomic E-state index is -0.252. The number of amides is 1. The number of aliphatic hydroxyl groups excluding tert-OH is 1. The van der Waals surface area contributed by atoms with Crippen molar-refractivity contribution in [2.75, 3.05) is 19.7 Å². The molecular formula is C10H19NO3. The van der Waals surface area contributed by atoms with Crippen molar-refractivity contribution in [1.29, 1.82) is 0 Å². The summed E-state index contributed by atoms with van der Waals surface area (Å²) in [7, 11) is 0. The molecule has 1 heterocycles. The molecule has 0 aromatic rings. The van der Waals surface area contributed by atoms with Gasteiger partial charge in [0.15, 0.2) is 0 Å². The molecule has 0 aromatic heterocycles. The summed E-state index contributed by atoms with van der Waals surface area (Å²) in [4.78, 5) is 13.1. The summed E-state index contributed by atoms with van der Waals surface area (Å²) in [6.45, 7) is 7.63. The van der Waals surface area contributed by atoms with Crippen molar-refractivity contribution in [3.8, 4) is 0 Å². The fourth-order valence-corrected chi connectivity index (χ4v) is 1.57. The minimum Gasteiger partial charge on any atom is -0.444 e. The largest absolute Gasteiger partial charge is 0.444 e. The monoisotopic (exact) mass is 201 g/mol. The van der Waals surface area contributed by atoms with Crippen LogP contribution in [0.15, 0.2) is 0 Å². The highest BCUT2D eigenvalue weighted by Gasteiger charge is 2.32. The maximum atomic E-state index is 11.4. The van der Waals surface area contributed by atoms with Crippen LogP contribution in [0.3, 0.4) is 0 Å². The van der Waals surface area contributed by atoms with Crippen LogP contribution in [0.1, 0.15) is 27.2 Å². The normalized spacial score (nSPS) is 22.7. The van der Waals surface area contributed by atoms with Gasteiger partial charge in [-0.15, -0.1) is 0 Å². The van der Waals surface area contributed by atoms with Gasteiger partial charge < -0.3 is 14.7 Å². The summed E-state index contributed by atoms with van der Waals surface area (Å²) in [5, 5.41) is 8.72. The molecule has 1 amide bonds. The maximum Gasteiger partial charge on any atom is 0.410 e. The SMILES string of the molecule is CC(C)(C)CN1CC(CCO)OC1=O. The lowest BCUT2D eigenvalue weighted by Gasteiger charge is -2.24. The third-order valence-electron chi connectivity index (χ3n) is 2.07. The predicted molar refractivity (Wildman–Crippen MR) is 53.0 cm³/mol. The van der Waals surface area contributed by atoms with E-state index in [4.69, 9.17) is 9.84 Å². The molecule has 1 N–H and O–H groups in total. The van der Waals surface area contributed by atoms with Crippen LogP contribution in [0.2, 0.25) is 0 Å². The van der Waals surface area contributed by atoms with Crippen molar-refractivity contribution >= 4 is 6.09 Å². The Labute approximate surface area is 84.8 Å².